The molecule has 0 radical (unpaired) electrons. The lowest BCUT2D eigenvalue weighted by molar-refractivity contribution is 0.651. The van der Waals surface area contributed by atoms with Crippen LogP contribution >= 0.6 is 0 Å². The molecule has 310 valence electrons. The molecule has 2 heterocycles. The Morgan fingerprint density at radius 1 is 0.397 bits per heavy atom. The molecule has 0 aliphatic heterocycles. The Kier molecular flexibility index (Phi) is 8.85. The van der Waals surface area contributed by atoms with Gasteiger partial charge < -0.3 is 18.6 Å². The van der Waals surface area contributed by atoms with E-state index in [1.165, 1.54) is 27.1 Å². The largest absolute Gasteiger partial charge is 0.455 e. The van der Waals surface area contributed by atoms with Crippen LogP contribution in [0.1, 0.15) is 25.0 Å². The molecule has 0 spiro atoms. The second-order valence-electron chi connectivity index (χ2n) is 19.8. The van der Waals surface area contributed by atoms with Crippen LogP contribution < -0.4 is 20.2 Å². The predicted octanol–water partition coefficient (Wildman–Crippen LogP) is 15.8. The lowest BCUT2D eigenvalue weighted by Crippen LogP contribution is -2.37. The number of hydrogen-bond acceptors (Lipinski definition) is 4. The molecule has 1 aliphatic carbocycles. The molecular weight excluding hydrogens is 801 g/mol. The van der Waals surface area contributed by atoms with Gasteiger partial charge >= 0.3 is 0 Å². The van der Waals surface area contributed by atoms with Crippen LogP contribution in [-0.2, 0) is 5.41 Å². The first-order valence-electron chi connectivity index (χ1n) is 22.2. The number of nitrogens with zero attached hydrogens (tertiary/aromatic N) is 2. The average molecular weight is 853 g/mol. The van der Waals surface area contributed by atoms with Gasteiger partial charge in [-0.05, 0) is 83.9 Å². The van der Waals surface area contributed by atoms with Crippen molar-refractivity contribution >= 4 is 105 Å². The molecule has 0 bridgehead atoms. The summed E-state index contributed by atoms with van der Waals surface area (Å²) in [6.45, 7) is 19.2. The zero-order valence-corrected chi connectivity index (χ0v) is 39.4. The van der Waals surface area contributed by atoms with Crippen molar-refractivity contribution in [1.29, 1.82) is 0 Å². The van der Waals surface area contributed by atoms with E-state index in [-0.39, 0.29) is 0 Å². The number of anilines is 6. The second kappa shape index (κ2) is 14.2. The summed E-state index contributed by atoms with van der Waals surface area (Å²) >= 11 is 0. The van der Waals surface area contributed by atoms with E-state index in [1.807, 2.05) is 0 Å². The maximum Gasteiger partial charge on any atom is 0.160 e. The van der Waals surface area contributed by atoms with Crippen molar-refractivity contribution in [3.05, 3.63) is 181 Å². The first-order valence-corrected chi connectivity index (χ1v) is 29.2. The molecule has 4 nitrogen and oxygen atoms in total. The molecule has 6 heteroatoms. The molecule has 1 aliphatic rings. The molecule has 63 heavy (non-hydrogen) atoms. The van der Waals surface area contributed by atoms with Gasteiger partial charge in [-0.25, -0.2) is 0 Å². The van der Waals surface area contributed by atoms with Gasteiger partial charge in [-0.15, -0.1) is 0 Å². The second-order valence-corrected chi connectivity index (χ2v) is 30.0. The Balaban J connectivity index is 1.24. The van der Waals surface area contributed by atoms with Crippen molar-refractivity contribution in [1.82, 2.24) is 0 Å². The number of para-hydroxylation sites is 4. The standard InChI is InChI=1S/C57H52N2O2Si2/c1-57(2)45-36-48(59(38-21-13-10-14-22-38)40-29-33-42(34-30-40)63(6,7)8)55-52(44-24-16-18-26-50(44)60-55)53(45)54-46(57)35-47(51-43-23-15-17-25-49(43)61-56(51)54)58(37-19-11-9-12-20-37)39-27-31-41(32-28-39)62(3,4)5/h9-36H,1-8H3. The third kappa shape index (κ3) is 6.22. The fraction of sp³-hybridized carbons (Fsp3) is 0.158. The van der Waals surface area contributed by atoms with E-state index >= 15 is 0 Å². The number of fused-ring (bicyclic) bond motifs is 11. The van der Waals surface area contributed by atoms with Crippen molar-refractivity contribution in [3.63, 3.8) is 0 Å². The predicted molar refractivity (Wildman–Crippen MR) is 274 cm³/mol. The molecule has 0 saturated heterocycles. The number of furan rings is 2. The molecule has 0 N–H and O–H groups in total. The minimum atomic E-state index is -1.53. The van der Waals surface area contributed by atoms with Gasteiger partial charge in [0.2, 0.25) is 0 Å². The summed E-state index contributed by atoms with van der Waals surface area (Å²) in [4.78, 5) is 4.83. The van der Waals surface area contributed by atoms with Crippen molar-refractivity contribution in [2.45, 2.75) is 58.5 Å². The summed E-state index contributed by atoms with van der Waals surface area (Å²) in [5.41, 5.74) is 14.4. The third-order valence-electron chi connectivity index (χ3n) is 13.3. The minimum Gasteiger partial charge on any atom is -0.455 e. The van der Waals surface area contributed by atoms with Crippen LogP contribution in [-0.4, -0.2) is 16.1 Å². The van der Waals surface area contributed by atoms with E-state index in [4.69, 9.17) is 8.83 Å². The molecule has 0 atom stereocenters. The molecule has 0 fully saturated rings. The maximum atomic E-state index is 7.21. The fourth-order valence-electron chi connectivity index (χ4n) is 9.97. The van der Waals surface area contributed by atoms with Gasteiger partial charge in [0, 0.05) is 55.5 Å². The van der Waals surface area contributed by atoms with Gasteiger partial charge in [-0.2, -0.15) is 0 Å². The Labute approximate surface area is 372 Å². The van der Waals surface area contributed by atoms with E-state index in [1.54, 1.807) is 0 Å². The molecule has 0 unspecified atom stereocenters. The molecule has 11 rings (SSSR count). The smallest absolute Gasteiger partial charge is 0.160 e. The third-order valence-corrected chi connectivity index (χ3v) is 17.5. The van der Waals surface area contributed by atoms with Crippen LogP contribution in [0, 0.1) is 0 Å². The number of rotatable bonds is 8. The highest BCUT2D eigenvalue weighted by Crippen LogP contribution is 2.60. The zero-order valence-electron chi connectivity index (χ0n) is 37.4. The van der Waals surface area contributed by atoms with Crippen LogP contribution in [0.5, 0.6) is 0 Å². The highest BCUT2D eigenvalue weighted by Gasteiger charge is 2.43. The fourth-order valence-corrected chi connectivity index (χ4v) is 12.3. The number of benzene rings is 8. The van der Waals surface area contributed by atoms with Crippen molar-refractivity contribution in [2.24, 2.45) is 0 Å². The van der Waals surface area contributed by atoms with Crippen molar-refractivity contribution in [3.8, 4) is 11.1 Å². The van der Waals surface area contributed by atoms with Gasteiger partial charge in [0.25, 0.3) is 0 Å². The Morgan fingerprint density at radius 2 is 0.794 bits per heavy atom. The quantitative estimate of drug-likeness (QED) is 0.143. The van der Waals surface area contributed by atoms with Gasteiger partial charge in [0.05, 0.1) is 32.9 Å². The summed E-state index contributed by atoms with van der Waals surface area (Å²) in [5, 5.41) is 7.27. The van der Waals surface area contributed by atoms with E-state index in [9.17, 15) is 0 Å². The highest BCUT2D eigenvalue weighted by atomic mass is 28.3. The molecule has 0 amide bonds. The van der Waals surface area contributed by atoms with Crippen molar-refractivity contribution in [2.75, 3.05) is 9.80 Å². The van der Waals surface area contributed by atoms with E-state index in [0.717, 1.165) is 83.6 Å². The van der Waals surface area contributed by atoms with E-state index < -0.39 is 21.6 Å². The van der Waals surface area contributed by atoms with Gasteiger partial charge in [0.1, 0.15) is 16.7 Å². The van der Waals surface area contributed by atoms with E-state index in [0.29, 0.717) is 0 Å². The summed E-state index contributed by atoms with van der Waals surface area (Å²) in [6, 6.07) is 62.0. The molecule has 0 saturated carbocycles. The first-order chi connectivity index (χ1) is 30.3. The SMILES string of the molecule is CC1(C)c2cc(N(c3ccccc3)c3ccc([Si](C)(C)C)cc3)c3c(oc4ccccc43)c2-c2c1cc(N(c1ccccc1)c1ccc([Si](C)(C)C)cc1)c1oc3ccccc3c21. The molecular formula is C57H52N2O2Si2. The van der Waals surface area contributed by atoms with Gasteiger partial charge in [0.15, 0.2) is 5.58 Å². The van der Waals surface area contributed by atoms with Crippen LogP contribution in [0.15, 0.2) is 179 Å². The van der Waals surface area contributed by atoms with E-state index in [2.05, 4.69) is 233 Å². The van der Waals surface area contributed by atoms with Gasteiger partial charge in [-0.1, -0.05) is 161 Å². The van der Waals surface area contributed by atoms with Crippen LogP contribution in [0.3, 0.4) is 0 Å². The Morgan fingerprint density at radius 3 is 1.30 bits per heavy atom. The van der Waals surface area contributed by atoms with Crippen molar-refractivity contribution < 1.29 is 8.83 Å². The van der Waals surface area contributed by atoms with Crippen LogP contribution in [0.4, 0.5) is 34.1 Å². The zero-order chi connectivity index (χ0) is 43.4. The van der Waals surface area contributed by atoms with Crippen LogP contribution in [0.2, 0.25) is 39.3 Å². The molecule has 8 aromatic carbocycles. The summed E-state index contributed by atoms with van der Waals surface area (Å²) < 4.78 is 14.3. The molecule has 2 aromatic heterocycles. The monoisotopic (exact) mass is 852 g/mol. The lowest BCUT2D eigenvalue weighted by atomic mass is 9.81. The van der Waals surface area contributed by atoms with Gasteiger partial charge in [-0.3, -0.25) is 0 Å². The van der Waals surface area contributed by atoms with Crippen LogP contribution in [0.25, 0.3) is 55.0 Å². The lowest BCUT2D eigenvalue weighted by Gasteiger charge is -2.30. The maximum absolute atomic E-state index is 7.21. The average Bonchev–Trinajstić information content (AvgIpc) is 3.93. The summed E-state index contributed by atoms with van der Waals surface area (Å²) in [5.74, 6) is 0. The first kappa shape index (κ1) is 39.3. The molecule has 10 aromatic rings. The highest BCUT2D eigenvalue weighted by molar-refractivity contribution is 6.89. The summed E-state index contributed by atoms with van der Waals surface area (Å²) in [6.07, 6.45) is 0. The topological polar surface area (TPSA) is 32.8 Å². The Hall–Kier alpha value is -6.61. The Bertz CT molecular complexity index is 3370. The minimum absolute atomic E-state index is 0.429. The summed E-state index contributed by atoms with van der Waals surface area (Å²) in [7, 11) is -3.07. The normalized spacial score (nSPS) is 13.5. The number of hydrogen-bond donors (Lipinski definition) is 0.